The molecule has 3 heterocycles. The fraction of sp³-hybridized carbons (Fsp3) is 0.474. The molecule has 29 heavy (non-hydrogen) atoms. The molecule has 1 aliphatic heterocycles. The van der Waals surface area contributed by atoms with Gasteiger partial charge >= 0.3 is 6.03 Å². The number of pyridine rings is 1. The number of hydrogen-bond acceptors (Lipinski definition) is 6. The molecule has 10 heteroatoms. The minimum Gasteiger partial charge on any atom is -0.368 e. The van der Waals surface area contributed by atoms with Gasteiger partial charge in [0.25, 0.3) is 5.91 Å². The second kappa shape index (κ2) is 8.91. The molecule has 1 aliphatic rings. The number of imidazole rings is 1. The summed E-state index contributed by atoms with van der Waals surface area (Å²) in [5.74, 6) is 0.349. The zero-order valence-corrected chi connectivity index (χ0v) is 17.3. The predicted molar refractivity (Wildman–Crippen MR) is 111 cm³/mol. The van der Waals surface area contributed by atoms with Crippen molar-refractivity contribution >= 4 is 23.6 Å². The fourth-order valence-corrected chi connectivity index (χ4v) is 3.39. The van der Waals surface area contributed by atoms with Gasteiger partial charge in [0, 0.05) is 53.9 Å². The fourth-order valence-electron chi connectivity index (χ4n) is 3.39. The first-order valence-corrected chi connectivity index (χ1v) is 9.59. The zero-order chi connectivity index (χ0) is 21.0. The van der Waals surface area contributed by atoms with Crippen LogP contribution in [0.1, 0.15) is 21.9 Å². The second-order valence-corrected chi connectivity index (χ2v) is 6.98. The third-order valence-corrected chi connectivity index (χ3v) is 5.15. The van der Waals surface area contributed by atoms with E-state index in [9.17, 15) is 9.59 Å². The number of hydrogen-bond donors (Lipinski definition) is 3. The number of aromatic nitrogens is 3. The Morgan fingerprint density at radius 3 is 2.45 bits per heavy atom. The Balaban J connectivity index is 1.59. The molecule has 0 unspecified atom stereocenters. The Bertz CT molecular complexity index is 886. The summed E-state index contributed by atoms with van der Waals surface area (Å²) in [7, 11) is 5.07. The molecule has 1 fully saturated rings. The van der Waals surface area contributed by atoms with Crippen molar-refractivity contribution in [1.29, 1.82) is 0 Å². The lowest BCUT2D eigenvalue weighted by Crippen LogP contribution is -2.46. The molecule has 0 radical (unpaired) electrons. The van der Waals surface area contributed by atoms with Crippen molar-refractivity contribution in [3.63, 3.8) is 0 Å². The summed E-state index contributed by atoms with van der Waals surface area (Å²) < 4.78 is 1.90. The van der Waals surface area contributed by atoms with E-state index < -0.39 is 0 Å². The van der Waals surface area contributed by atoms with Gasteiger partial charge < -0.3 is 20.1 Å². The maximum absolute atomic E-state index is 11.7. The molecule has 1 saturated heterocycles. The molecule has 0 aliphatic carbocycles. The van der Waals surface area contributed by atoms with Gasteiger partial charge in [-0.15, -0.1) is 0 Å². The van der Waals surface area contributed by atoms with Crippen molar-refractivity contribution < 1.29 is 9.59 Å². The number of aryl methyl sites for hydroxylation is 1. The minimum atomic E-state index is -0.287. The Morgan fingerprint density at radius 1 is 1.10 bits per heavy atom. The lowest BCUT2D eigenvalue weighted by atomic mass is 10.2. The highest BCUT2D eigenvalue weighted by Crippen LogP contribution is 2.21. The van der Waals surface area contributed by atoms with E-state index in [2.05, 4.69) is 35.7 Å². The molecule has 3 amide bonds. The molecule has 10 nitrogen and oxygen atoms in total. The van der Waals surface area contributed by atoms with Crippen molar-refractivity contribution in [2.75, 3.05) is 50.5 Å². The van der Waals surface area contributed by atoms with Crippen molar-refractivity contribution in [3.05, 3.63) is 35.4 Å². The van der Waals surface area contributed by atoms with E-state index in [4.69, 9.17) is 0 Å². The van der Waals surface area contributed by atoms with Gasteiger partial charge in [-0.05, 0) is 19.1 Å². The summed E-state index contributed by atoms with van der Waals surface area (Å²) in [6.45, 7) is 6.26. The first kappa shape index (κ1) is 20.6. The topological polar surface area (TPSA) is 107 Å². The number of urea groups is 1. The highest BCUT2D eigenvalue weighted by atomic mass is 16.2. The first-order valence-electron chi connectivity index (χ1n) is 9.59. The van der Waals surface area contributed by atoms with Crippen molar-refractivity contribution in [1.82, 2.24) is 30.1 Å². The summed E-state index contributed by atoms with van der Waals surface area (Å²) in [4.78, 5) is 36.6. The van der Waals surface area contributed by atoms with Crippen LogP contribution in [0.15, 0.2) is 18.3 Å². The van der Waals surface area contributed by atoms with Crippen LogP contribution >= 0.6 is 0 Å². The number of rotatable bonds is 5. The molecule has 0 saturated carbocycles. The average molecular weight is 400 g/mol. The maximum atomic E-state index is 11.7. The molecule has 0 atom stereocenters. The normalized spacial score (nSPS) is 14.6. The smallest absolute Gasteiger partial charge is 0.321 e. The molecule has 0 aromatic carbocycles. The molecule has 0 bridgehead atoms. The molecule has 2 aromatic rings. The Kier molecular flexibility index (Phi) is 6.32. The second-order valence-electron chi connectivity index (χ2n) is 6.98. The number of piperazine rings is 1. The largest absolute Gasteiger partial charge is 0.368 e. The van der Waals surface area contributed by atoms with Crippen molar-refractivity contribution in [2.24, 2.45) is 7.05 Å². The number of anilines is 2. The zero-order valence-electron chi connectivity index (χ0n) is 17.3. The first-order chi connectivity index (χ1) is 13.9. The number of carbonyl (C=O) groups excluding carboxylic acids is 2. The van der Waals surface area contributed by atoms with Gasteiger partial charge in [-0.25, -0.2) is 14.8 Å². The molecule has 156 valence electrons. The van der Waals surface area contributed by atoms with Crippen LogP contribution in [-0.2, 0) is 13.6 Å². The van der Waals surface area contributed by atoms with Gasteiger partial charge in [0.15, 0.2) is 0 Å². The van der Waals surface area contributed by atoms with Crippen LogP contribution in [-0.4, -0.2) is 71.6 Å². The van der Waals surface area contributed by atoms with Gasteiger partial charge in [-0.2, -0.15) is 0 Å². The van der Waals surface area contributed by atoms with Crippen molar-refractivity contribution in [2.45, 2.75) is 13.5 Å². The van der Waals surface area contributed by atoms with Crippen LogP contribution < -0.4 is 20.9 Å². The van der Waals surface area contributed by atoms with Crippen LogP contribution in [0.25, 0.3) is 0 Å². The quantitative estimate of drug-likeness (QED) is 0.677. The van der Waals surface area contributed by atoms with Gasteiger partial charge in [-0.1, -0.05) is 0 Å². The minimum absolute atomic E-state index is 0.175. The summed E-state index contributed by atoms with van der Waals surface area (Å²) in [5.41, 5.74) is 3.40. The SMILES string of the molecule is CNC(=O)Nc1ncc(CN2CCN(c3ccc(C(=O)NC)nc3C)CC2)n1C. The van der Waals surface area contributed by atoms with E-state index >= 15 is 0 Å². The van der Waals surface area contributed by atoms with Crippen LogP contribution in [0.5, 0.6) is 0 Å². The summed E-state index contributed by atoms with van der Waals surface area (Å²) >= 11 is 0. The number of nitrogens with zero attached hydrogens (tertiary/aromatic N) is 5. The monoisotopic (exact) mass is 400 g/mol. The van der Waals surface area contributed by atoms with E-state index in [0.717, 1.165) is 49.8 Å². The van der Waals surface area contributed by atoms with Gasteiger partial charge in [-0.3, -0.25) is 15.0 Å². The number of nitrogens with one attached hydrogen (secondary N) is 3. The molecular formula is C19H28N8O2. The maximum Gasteiger partial charge on any atom is 0.321 e. The lowest BCUT2D eigenvalue weighted by molar-refractivity contribution is 0.0958. The van der Waals surface area contributed by atoms with Crippen LogP contribution in [0.4, 0.5) is 16.4 Å². The molecule has 0 spiro atoms. The Labute approximate surface area is 170 Å². The van der Waals surface area contributed by atoms with Crippen LogP contribution in [0.2, 0.25) is 0 Å². The highest BCUT2D eigenvalue weighted by Gasteiger charge is 2.21. The predicted octanol–water partition coefficient (Wildman–Crippen LogP) is 0.557. The number of carbonyl (C=O) groups is 2. The third-order valence-electron chi connectivity index (χ3n) is 5.15. The van der Waals surface area contributed by atoms with E-state index in [1.807, 2.05) is 24.6 Å². The number of amides is 3. The van der Waals surface area contributed by atoms with Crippen molar-refractivity contribution in [3.8, 4) is 0 Å². The van der Waals surface area contributed by atoms with Crippen LogP contribution in [0.3, 0.4) is 0 Å². The van der Waals surface area contributed by atoms with Crippen LogP contribution in [0, 0.1) is 6.92 Å². The van der Waals surface area contributed by atoms with E-state index in [0.29, 0.717) is 11.6 Å². The lowest BCUT2D eigenvalue weighted by Gasteiger charge is -2.36. The average Bonchev–Trinajstić information content (AvgIpc) is 3.07. The van der Waals surface area contributed by atoms with Gasteiger partial charge in [0.05, 0.1) is 23.3 Å². The Hall–Kier alpha value is -3.14. The summed E-state index contributed by atoms with van der Waals surface area (Å²) in [6.07, 6.45) is 1.79. The third kappa shape index (κ3) is 4.65. The van der Waals surface area contributed by atoms with Gasteiger partial charge in [0.2, 0.25) is 5.95 Å². The van der Waals surface area contributed by atoms with E-state index in [1.165, 1.54) is 0 Å². The van der Waals surface area contributed by atoms with E-state index in [1.54, 1.807) is 26.4 Å². The van der Waals surface area contributed by atoms with E-state index in [-0.39, 0.29) is 11.9 Å². The summed E-state index contributed by atoms with van der Waals surface area (Å²) in [6, 6.07) is 3.45. The molecular weight excluding hydrogens is 372 g/mol. The van der Waals surface area contributed by atoms with Gasteiger partial charge in [0.1, 0.15) is 5.69 Å². The summed E-state index contributed by atoms with van der Waals surface area (Å²) in [5, 5.41) is 7.83. The molecule has 2 aromatic heterocycles. The molecule has 3 rings (SSSR count). The molecule has 3 N–H and O–H groups in total. The Morgan fingerprint density at radius 2 is 1.83 bits per heavy atom. The highest BCUT2D eigenvalue weighted by molar-refractivity contribution is 5.92. The standard InChI is InChI=1S/C19H28N8O2/c1-13-16(6-5-15(23-13)17(28)20-2)27-9-7-26(8-10-27)12-14-11-22-18(25(14)4)24-19(29)21-3/h5-6,11H,7-10,12H2,1-4H3,(H,20,28)(H2,21,22,24,29).